The van der Waals surface area contributed by atoms with E-state index >= 15 is 0 Å². The predicted molar refractivity (Wildman–Crippen MR) is 74.4 cm³/mol. The Bertz CT molecular complexity index is 569. The van der Waals surface area contributed by atoms with Gasteiger partial charge in [0.15, 0.2) is 0 Å². The molecule has 0 spiro atoms. The van der Waals surface area contributed by atoms with Crippen LogP contribution in [0.3, 0.4) is 0 Å². The Labute approximate surface area is 111 Å². The number of aromatic nitrogens is 2. The summed E-state index contributed by atoms with van der Waals surface area (Å²) in [5.41, 5.74) is 10.1. The van der Waals surface area contributed by atoms with Gasteiger partial charge in [-0.1, -0.05) is 6.07 Å². The molecule has 2 aromatic rings. The second-order valence-electron chi connectivity index (χ2n) is 4.37. The third-order valence-corrected chi connectivity index (χ3v) is 4.34. The van der Waals surface area contributed by atoms with Crippen LogP contribution in [0.2, 0.25) is 0 Å². The van der Waals surface area contributed by atoms with Crippen LogP contribution >= 0.6 is 11.8 Å². The molecule has 0 atom stereocenters. The Morgan fingerprint density at radius 3 is 3.06 bits per heavy atom. The van der Waals surface area contributed by atoms with Gasteiger partial charge in [-0.25, -0.2) is 9.97 Å². The van der Waals surface area contributed by atoms with Crippen molar-refractivity contribution < 1.29 is 0 Å². The summed E-state index contributed by atoms with van der Waals surface area (Å²) in [6.45, 7) is 0.455. The van der Waals surface area contributed by atoms with Gasteiger partial charge in [-0.2, -0.15) is 0 Å². The van der Waals surface area contributed by atoms with E-state index in [-0.39, 0.29) is 0 Å². The third-order valence-electron chi connectivity index (χ3n) is 3.14. The van der Waals surface area contributed by atoms with Gasteiger partial charge in [0.1, 0.15) is 6.33 Å². The van der Waals surface area contributed by atoms with Crippen molar-refractivity contribution in [1.82, 2.24) is 9.97 Å². The standard InChI is InChI=1S/C14H15N3S/c15-8-12-7-13(17-9-16-12)10-3-4-14-11(6-10)2-1-5-18-14/h3-4,6-7,9H,1-2,5,8,15H2. The molecule has 0 unspecified atom stereocenters. The molecule has 0 fully saturated rings. The molecule has 3 rings (SSSR count). The molecule has 0 saturated heterocycles. The molecule has 2 heterocycles. The van der Waals surface area contributed by atoms with Gasteiger partial charge < -0.3 is 5.73 Å². The van der Waals surface area contributed by atoms with E-state index in [1.54, 1.807) is 6.33 Å². The Hall–Kier alpha value is -1.39. The first-order valence-corrected chi connectivity index (χ1v) is 7.12. The van der Waals surface area contributed by atoms with E-state index in [2.05, 4.69) is 28.2 Å². The molecule has 1 aliphatic heterocycles. The minimum Gasteiger partial charge on any atom is -0.325 e. The van der Waals surface area contributed by atoms with Crippen LogP contribution in [0, 0.1) is 0 Å². The number of nitrogens with two attached hydrogens (primary N) is 1. The van der Waals surface area contributed by atoms with Crippen molar-refractivity contribution in [2.75, 3.05) is 5.75 Å². The maximum absolute atomic E-state index is 5.61. The summed E-state index contributed by atoms with van der Waals surface area (Å²) in [7, 11) is 0. The molecule has 0 saturated carbocycles. The molecular formula is C14H15N3S. The molecule has 0 bridgehead atoms. The summed E-state index contributed by atoms with van der Waals surface area (Å²) >= 11 is 1.95. The minimum absolute atomic E-state index is 0.455. The Kier molecular flexibility index (Phi) is 3.30. The zero-order valence-corrected chi connectivity index (χ0v) is 10.9. The van der Waals surface area contributed by atoms with Gasteiger partial charge in [0.05, 0.1) is 11.4 Å². The number of rotatable bonds is 2. The van der Waals surface area contributed by atoms with E-state index in [0.717, 1.165) is 17.0 Å². The van der Waals surface area contributed by atoms with Crippen LogP contribution in [0.25, 0.3) is 11.3 Å². The lowest BCUT2D eigenvalue weighted by atomic mass is 10.0. The average Bonchev–Trinajstić information content (AvgIpc) is 2.47. The van der Waals surface area contributed by atoms with Gasteiger partial charge in [-0.3, -0.25) is 0 Å². The van der Waals surface area contributed by atoms with Crippen LogP contribution < -0.4 is 5.73 Å². The van der Waals surface area contributed by atoms with Gasteiger partial charge in [-0.05, 0) is 42.4 Å². The zero-order chi connectivity index (χ0) is 12.4. The van der Waals surface area contributed by atoms with Crippen LogP contribution in [0.15, 0.2) is 35.5 Å². The average molecular weight is 257 g/mol. The monoisotopic (exact) mass is 257 g/mol. The van der Waals surface area contributed by atoms with Crippen molar-refractivity contribution in [1.29, 1.82) is 0 Å². The lowest BCUT2D eigenvalue weighted by Gasteiger charge is -2.15. The maximum atomic E-state index is 5.61. The first kappa shape index (κ1) is 11.7. The summed E-state index contributed by atoms with van der Waals surface area (Å²) in [5, 5.41) is 0. The SMILES string of the molecule is NCc1cc(-c2ccc3c(c2)CCCS3)ncn1. The first-order valence-electron chi connectivity index (χ1n) is 6.14. The summed E-state index contributed by atoms with van der Waals surface area (Å²) < 4.78 is 0. The highest BCUT2D eigenvalue weighted by molar-refractivity contribution is 7.99. The molecule has 0 aliphatic carbocycles. The van der Waals surface area contributed by atoms with Crippen molar-refractivity contribution in [2.45, 2.75) is 24.3 Å². The molecule has 1 aromatic heterocycles. The lowest BCUT2D eigenvalue weighted by molar-refractivity contribution is 0.890. The van der Waals surface area contributed by atoms with E-state index < -0.39 is 0 Å². The van der Waals surface area contributed by atoms with Crippen molar-refractivity contribution in [2.24, 2.45) is 5.73 Å². The Balaban J connectivity index is 2.00. The number of nitrogens with zero attached hydrogens (tertiary/aromatic N) is 2. The normalized spacial score (nSPS) is 14.3. The van der Waals surface area contributed by atoms with E-state index in [1.807, 2.05) is 17.8 Å². The number of fused-ring (bicyclic) bond motifs is 1. The first-order chi connectivity index (χ1) is 8.86. The quantitative estimate of drug-likeness (QED) is 0.898. The zero-order valence-electron chi connectivity index (χ0n) is 10.1. The Morgan fingerprint density at radius 1 is 1.22 bits per heavy atom. The number of thioether (sulfide) groups is 1. The molecule has 3 nitrogen and oxygen atoms in total. The number of benzene rings is 1. The number of hydrogen-bond acceptors (Lipinski definition) is 4. The third kappa shape index (κ3) is 2.26. The highest BCUT2D eigenvalue weighted by Crippen LogP contribution is 2.32. The van der Waals surface area contributed by atoms with Crippen LogP contribution in [0.1, 0.15) is 17.7 Å². The van der Waals surface area contributed by atoms with Crippen LogP contribution in [-0.2, 0) is 13.0 Å². The molecule has 2 N–H and O–H groups in total. The van der Waals surface area contributed by atoms with Gasteiger partial charge in [-0.15, -0.1) is 11.8 Å². The van der Waals surface area contributed by atoms with Crippen LogP contribution in [0.4, 0.5) is 0 Å². The molecular weight excluding hydrogens is 242 g/mol. The predicted octanol–water partition coefficient (Wildman–Crippen LogP) is 2.64. The van der Waals surface area contributed by atoms with Crippen LogP contribution in [-0.4, -0.2) is 15.7 Å². The second-order valence-corrected chi connectivity index (χ2v) is 5.51. The van der Waals surface area contributed by atoms with Gasteiger partial charge in [0, 0.05) is 17.0 Å². The largest absolute Gasteiger partial charge is 0.325 e. The fraction of sp³-hybridized carbons (Fsp3) is 0.286. The fourth-order valence-electron chi connectivity index (χ4n) is 2.19. The molecule has 4 heteroatoms. The Morgan fingerprint density at radius 2 is 2.17 bits per heavy atom. The summed E-state index contributed by atoms with van der Waals surface area (Å²) in [4.78, 5) is 9.88. The number of hydrogen-bond donors (Lipinski definition) is 1. The van der Waals surface area contributed by atoms with E-state index in [0.29, 0.717) is 6.54 Å². The molecule has 92 valence electrons. The van der Waals surface area contributed by atoms with Crippen molar-refractivity contribution in [3.8, 4) is 11.3 Å². The van der Waals surface area contributed by atoms with Crippen molar-refractivity contribution in [3.63, 3.8) is 0 Å². The topological polar surface area (TPSA) is 51.8 Å². The van der Waals surface area contributed by atoms with Crippen molar-refractivity contribution in [3.05, 3.63) is 41.9 Å². The maximum Gasteiger partial charge on any atom is 0.116 e. The van der Waals surface area contributed by atoms with Gasteiger partial charge >= 0.3 is 0 Å². The summed E-state index contributed by atoms with van der Waals surface area (Å²) in [5.74, 6) is 1.23. The number of aryl methyl sites for hydroxylation is 1. The minimum atomic E-state index is 0.455. The highest BCUT2D eigenvalue weighted by atomic mass is 32.2. The molecule has 0 radical (unpaired) electrons. The molecule has 1 aromatic carbocycles. The molecule has 18 heavy (non-hydrogen) atoms. The summed E-state index contributed by atoms with van der Waals surface area (Å²) in [6, 6.07) is 8.57. The summed E-state index contributed by atoms with van der Waals surface area (Å²) in [6.07, 6.45) is 4.02. The molecule has 0 amide bonds. The fourth-order valence-corrected chi connectivity index (χ4v) is 3.21. The molecule has 1 aliphatic rings. The van der Waals surface area contributed by atoms with E-state index in [1.165, 1.54) is 29.1 Å². The lowest BCUT2D eigenvalue weighted by Crippen LogP contribution is -2.01. The van der Waals surface area contributed by atoms with Gasteiger partial charge in [0.25, 0.3) is 0 Å². The highest BCUT2D eigenvalue weighted by Gasteiger charge is 2.11. The van der Waals surface area contributed by atoms with Gasteiger partial charge in [0.2, 0.25) is 0 Å². The van der Waals surface area contributed by atoms with Crippen molar-refractivity contribution >= 4 is 11.8 Å². The van der Waals surface area contributed by atoms with Crippen LogP contribution in [0.5, 0.6) is 0 Å². The smallest absolute Gasteiger partial charge is 0.116 e. The van der Waals surface area contributed by atoms with E-state index in [9.17, 15) is 0 Å². The van der Waals surface area contributed by atoms with E-state index in [4.69, 9.17) is 5.73 Å². The second kappa shape index (κ2) is 5.08.